The smallest absolute Gasteiger partial charge is 1.00 e. The van der Waals surface area contributed by atoms with Gasteiger partial charge in [-0.05, 0) is 0 Å². The molecule has 4 rings (SSSR count). The van der Waals surface area contributed by atoms with E-state index in [0.717, 1.165) is 32.1 Å². The van der Waals surface area contributed by atoms with E-state index in [1.807, 2.05) is 0 Å². The quantitative estimate of drug-likeness (QED) is 0.191. The van der Waals surface area contributed by atoms with Crippen LogP contribution in [0.2, 0.25) is 0 Å². The number of hydrogen-bond donors (Lipinski definition) is 0. The Morgan fingerprint density at radius 3 is 0.708 bits per heavy atom. The third-order valence-electron chi connectivity index (χ3n) is 0.958. The molecule has 20 heteroatoms. The second-order valence-electron chi connectivity index (χ2n) is 2.05. The summed E-state index contributed by atoms with van der Waals surface area (Å²) >= 11 is 0. The number of aromatic nitrogens is 8. The molecular weight excluding hydrogens is 661 g/mol. The van der Waals surface area contributed by atoms with Crippen LogP contribution in [0.1, 0.15) is 0 Å². The average Bonchev–Trinajstić information content (AvgIpc) is 3.40. The normalized spacial score (nSPS) is 9.33. The van der Waals surface area contributed by atoms with Crippen LogP contribution in [-0.4, -0.2) is 39.8 Å². The Kier molecular flexibility index (Phi) is 43.2. The molecule has 0 aliphatic rings. The Morgan fingerprint density at radius 1 is 0.458 bits per heavy atom. The van der Waals surface area contributed by atoms with Gasteiger partial charge in [0.15, 0.2) is 0 Å². The topological polar surface area (TPSA) is 103 Å². The van der Waals surface area contributed by atoms with E-state index in [9.17, 15) is 0 Å². The van der Waals surface area contributed by atoms with Gasteiger partial charge in [-0.3, -0.25) is 31.5 Å². The third-order valence-corrected chi connectivity index (χ3v) is 6.35. The fraction of sp³-hybridized carbons (Fsp3) is 0. The van der Waals surface area contributed by atoms with Crippen molar-refractivity contribution in [3.05, 3.63) is 23.7 Å². The van der Waals surface area contributed by atoms with Crippen molar-refractivity contribution < 1.29 is 77.2 Å². The van der Waals surface area contributed by atoms with Crippen LogP contribution in [0.15, 0.2) is 0 Å². The summed E-state index contributed by atoms with van der Waals surface area (Å²) in [6.07, 6.45) is 0. The van der Waals surface area contributed by atoms with Crippen molar-refractivity contribution in [3.63, 3.8) is 0 Å². The van der Waals surface area contributed by atoms with Crippen molar-refractivity contribution in [1.29, 1.82) is 0 Å². The molecular formula is C4H4Cl2N8P8Zr2-2. The summed E-state index contributed by atoms with van der Waals surface area (Å²) in [4.78, 5) is 14.3. The summed E-state index contributed by atoms with van der Waals surface area (Å²) in [7, 11) is 7.06. The molecule has 4 atom stereocenters. The van der Waals surface area contributed by atoms with Crippen LogP contribution < -0.4 is 24.8 Å². The van der Waals surface area contributed by atoms with Crippen molar-refractivity contribution in [2.45, 2.75) is 0 Å². The van der Waals surface area contributed by atoms with E-state index in [0.29, 0.717) is 31.5 Å². The van der Waals surface area contributed by atoms with Gasteiger partial charge < -0.3 is 68.9 Å². The van der Waals surface area contributed by atoms with Crippen LogP contribution in [0, 0.1) is 23.7 Å². The number of rotatable bonds is 0. The predicted molar refractivity (Wildman–Crippen MR) is 91.5 cm³/mol. The molecule has 124 valence electrons. The van der Waals surface area contributed by atoms with E-state index in [2.05, 4.69) is 63.6 Å². The molecule has 0 aliphatic carbocycles. The van der Waals surface area contributed by atoms with E-state index < -0.39 is 0 Å². The second-order valence-corrected chi connectivity index (χ2v) is 10.4. The van der Waals surface area contributed by atoms with Crippen molar-refractivity contribution in [1.82, 2.24) is 39.8 Å². The molecule has 0 aliphatic heterocycles. The SMILES string of the molecule is [Cl-].[Cl-].[Zr+2].[Zr+2].[c-]1nnp[pH]1.[c-]1nnp[pH]1.[c-]1nnp[pH]1.[c-]1nnp[pH]1. The minimum Gasteiger partial charge on any atom is -1.00 e. The average molecular weight is 665 g/mol. The molecule has 0 radical (unpaired) electrons. The molecule has 4 heterocycles. The maximum atomic E-state index is 3.58. The molecule has 24 heavy (non-hydrogen) atoms. The molecule has 4 aromatic heterocycles. The van der Waals surface area contributed by atoms with E-state index in [1.165, 1.54) is 0 Å². The van der Waals surface area contributed by atoms with Gasteiger partial charge in [0.05, 0.1) is 0 Å². The van der Waals surface area contributed by atoms with Crippen LogP contribution in [0.25, 0.3) is 0 Å². The zero-order valence-corrected chi connectivity index (χ0v) is 25.1. The zero-order chi connectivity index (χ0) is 14.1. The van der Waals surface area contributed by atoms with E-state index in [-0.39, 0.29) is 77.2 Å². The standard InChI is InChI=1S/4CHN2P2.2ClH.2Zr/c4*1-2-3-5-4-1;;;;/h4*4H;2*1H;;/q4*-1;;;2*+2/p-2. The van der Waals surface area contributed by atoms with Crippen LogP contribution in [-0.2, 0) is 52.4 Å². The first kappa shape index (κ1) is 34.2. The third kappa shape index (κ3) is 26.9. The van der Waals surface area contributed by atoms with Gasteiger partial charge in [-0.2, -0.15) is 19.4 Å². The molecule has 0 amide bonds. The summed E-state index contributed by atoms with van der Waals surface area (Å²) in [6.45, 7) is 0. The minimum absolute atomic E-state index is 0. The number of nitrogens with zero attached hydrogens (tertiary/aromatic N) is 8. The predicted octanol–water partition coefficient (Wildman–Crippen LogP) is -2.44. The molecule has 0 spiro atoms. The molecule has 8 nitrogen and oxygen atoms in total. The molecule has 0 fully saturated rings. The summed E-state index contributed by atoms with van der Waals surface area (Å²) in [5.74, 6) is 10.8. The monoisotopic (exact) mass is 662 g/mol. The minimum atomic E-state index is 0. The molecule has 4 unspecified atom stereocenters. The first-order chi connectivity index (χ1) is 10.0. The second kappa shape index (κ2) is 30.4. The molecule has 0 N–H and O–H groups in total. The van der Waals surface area contributed by atoms with Crippen molar-refractivity contribution in [3.8, 4) is 0 Å². The summed E-state index contributed by atoms with van der Waals surface area (Å²) < 4.78 is 0. The Morgan fingerprint density at radius 2 is 0.667 bits per heavy atom. The van der Waals surface area contributed by atoms with Gasteiger partial charge in [0.1, 0.15) is 0 Å². The van der Waals surface area contributed by atoms with E-state index in [1.54, 1.807) is 0 Å². The van der Waals surface area contributed by atoms with Gasteiger partial charge in [-0.15, -0.1) is 0 Å². The van der Waals surface area contributed by atoms with Crippen LogP contribution in [0.5, 0.6) is 0 Å². The van der Waals surface area contributed by atoms with Crippen LogP contribution in [0.4, 0.5) is 0 Å². The molecule has 0 saturated heterocycles. The number of hydrogen-bond acceptors (Lipinski definition) is 8. The fourth-order valence-electron chi connectivity index (χ4n) is 0.447. The Bertz CT molecular complexity index is 381. The summed E-state index contributed by atoms with van der Waals surface area (Å²) in [6, 6.07) is 0. The van der Waals surface area contributed by atoms with Crippen molar-refractivity contribution in [2.24, 2.45) is 0 Å². The van der Waals surface area contributed by atoms with E-state index in [4.69, 9.17) is 0 Å². The molecule has 0 aromatic carbocycles. The fourth-order valence-corrected chi connectivity index (χ4v) is 4.02. The van der Waals surface area contributed by atoms with E-state index >= 15 is 0 Å². The largest absolute Gasteiger partial charge is 2.00 e. The van der Waals surface area contributed by atoms with Crippen LogP contribution in [0.3, 0.4) is 0 Å². The zero-order valence-electron chi connectivity index (χ0n) is 11.1. The van der Waals surface area contributed by atoms with Gasteiger partial charge in [0.2, 0.25) is 0 Å². The van der Waals surface area contributed by atoms with Gasteiger partial charge in [-0.1, -0.05) is 0 Å². The molecule has 0 saturated carbocycles. The van der Waals surface area contributed by atoms with Gasteiger partial charge in [0.25, 0.3) is 0 Å². The number of halogens is 2. The molecule has 0 bridgehead atoms. The van der Waals surface area contributed by atoms with Crippen molar-refractivity contribution >= 4 is 63.6 Å². The van der Waals surface area contributed by atoms with Gasteiger partial charge in [-0.25, -0.2) is 0 Å². The Balaban J connectivity index is -0.000000105. The van der Waals surface area contributed by atoms with Crippen LogP contribution >= 0.6 is 63.6 Å². The first-order valence-electron chi connectivity index (χ1n) is 4.39. The maximum Gasteiger partial charge on any atom is 2.00 e. The Hall–Kier alpha value is 2.63. The summed E-state index contributed by atoms with van der Waals surface area (Å²) in [5.41, 5.74) is 0. The van der Waals surface area contributed by atoms with Gasteiger partial charge in [0, 0.05) is 32.1 Å². The Labute approximate surface area is 202 Å². The van der Waals surface area contributed by atoms with Crippen molar-refractivity contribution in [2.75, 3.05) is 0 Å². The first-order valence-corrected chi connectivity index (χ1v) is 15.1. The summed E-state index contributed by atoms with van der Waals surface area (Å²) in [5, 5.41) is 13.8. The maximum absolute atomic E-state index is 3.58. The van der Waals surface area contributed by atoms with Gasteiger partial charge >= 0.3 is 52.4 Å². The molecule has 4 aromatic rings.